The summed E-state index contributed by atoms with van der Waals surface area (Å²) in [5.41, 5.74) is -7.33. The van der Waals surface area contributed by atoms with Gasteiger partial charge >= 0.3 is 30.5 Å². The molecule has 4 rings (SSSR count). The van der Waals surface area contributed by atoms with Gasteiger partial charge in [-0.15, -0.1) is 0 Å². The fourth-order valence-corrected chi connectivity index (χ4v) is 10.3. The van der Waals surface area contributed by atoms with Gasteiger partial charge in [-0.25, -0.2) is 24.0 Å². The van der Waals surface area contributed by atoms with Crippen LogP contribution in [-0.2, 0) is 47.4 Å². The second kappa shape index (κ2) is 28.4. The van der Waals surface area contributed by atoms with Crippen molar-refractivity contribution in [3.8, 4) is 0 Å². The Labute approximate surface area is 500 Å². The molecule has 15 atom stereocenters. The Morgan fingerprint density at radius 2 is 1.27 bits per heavy atom. The number of rotatable bonds is 17. The third kappa shape index (κ3) is 23.5. The van der Waals surface area contributed by atoms with Gasteiger partial charge in [0.1, 0.15) is 63.8 Å². The van der Waals surface area contributed by atoms with Crippen LogP contribution in [0.15, 0.2) is 11.8 Å². The molecule has 85 heavy (non-hydrogen) atoms. The maximum absolute atomic E-state index is 14.1. The zero-order chi connectivity index (χ0) is 64.7. The molecule has 0 aromatic heterocycles. The van der Waals surface area contributed by atoms with Crippen LogP contribution in [-0.4, -0.2) is 230 Å². The molecule has 0 spiro atoms. The lowest BCUT2D eigenvalue weighted by atomic mass is 9.72. The summed E-state index contributed by atoms with van der Waals surface area (Å²) in [6, 6.07) is -6.02. The first kappa shape index (κ1) is 72.4. The van der Waals surface area contributed by atoms with E-state index in [0.29, 0.717) is 12.2 Å². The van der Waals surface area contributed by atoms with E-state index >= 15 is 0 Å². The van der Waals surface area contributed by atoms with Gasteiger partial charge in [0.2, 0.25) is 6.41 Å². The zero-order valence-corrected chi connectivity index (χ0v) is 53.6. The number of aliphatic hydroxyl groups is 5. The molecule has 1 saturated carbocycles. The van der Waals surface area contributed by atoms with Gasteiger partial charge in [-0.1, -0.05) is 0 Å². The lowest BCUT2D eigenvalue weighted by Gasteiger charge is -2.52. The minimum Gasteiger partial charge on any atom is -0.492 e. The molecule has 490 valence electrons. The number of alkyl carbamates (subject to hydrolysis) is 3. The molecule has 2 unspecified atom stereocenters. The van der Waals surface area contributed by atoms with E-state index in [2.05, 4.69) is 31.9 Å². The molecule has 11 N–H and O–H groups in total. The number of likely N-dealkylation sites (N-methyl/N-ethyl adjacent to an activating group) is 1. The van der Waals surface area contributed by atoms with E-state index < -0.39 is 174 Å². The van der Waals surface area contributed by atoms with Gasteiger partial charge in [0, 0.05) is 38.1 Å². The van der Waals surface area contributed by atoms with Gasteiger partial charge in [0.05, 0.1) is 55.6 Å². The Morgan fingerprint density at radius 1 is 0.718 bits per heavy atom. The minimum absolute atomic E-state index is 0.0163. The molecule has 28 heteroatoms. The average molecular weight is 1220 g/mol. The predicted octanol–water partition coefficient (Wildman–Crippen LogP) is 2.93. The summed E-state index contributed by atoms with van der Waals surface area (Å²) in [5, 5.41) is 76.7. The number of amides is 6. The Bertz CT molecular complexity index is 2300. The monoisotopic (exact) mass is 1220 g/mol. The van der Waals surface area contributed by atoms with Gasteiger partial charge in [0.25, 0.3) is 5.91 Å². The predicted molar refractivity (Wildman–Crippen MR) is 307 cm³/mol. The molecule has 6 amide bonds. The summed E-state index contributed by atoms with van der Waals surface area (Å²) in [6.45, 7) is 30.8. The van der Waals surface area contributed by atoms with E-state index in [1.165, 1.54) is 18.9 Å². The normalized spacial score (nSPS) is 29.4. The highest BCUT2D eigenvalue weighted by molar-refractivity contribution is 5.82. The first-order chi connectivity index (χ1) is 38.6. The number of likely N-dealkylation sites (tertiary alicyclic amines) is 1. The lowest BCUT2D eigenvalue weighted by Crippen LogP contribution is -2.71. The number of carbonyl (C=O) groups excluding carboxylic acids is 6. The number of ether oxygens (including phenoxy) is 9. The zero-order valence-electron chi connectivity index (χ0n) is 53.6. The molecule has 2 saturated heterocycles. The van der Waals surface area contributed by atoms with Crippen molar-refractivity contribution in [2.45, 2.75) is 269 Å². The van der Waals surface area contributed by atoms with Crippen molar-refractivity contribution >= 4 is 36.4 Å². The van der Waals surface area contributed by atoms with Crippen molar-refractivity contribution in [3.05, 3.63) is 11.8 Å². The van der Waals surface area contributed by atoms with Gasteiger partial charge in [-0.05, 0) is 157 Å². The van der Waals surface area contributed by atoms with Crippen molar-refractivity contribution in [3.63, 3.8) is 0 Å². The minimum atomic E-state index is -1.92. The van der Waals surface area contributed by atoms with Crippen molar-refractivity contribution in [2.24, 2.45) is 5.92 Å². The van der Waals surface area contributed by atoms with Crippen LogP contribution < -0.4 is 31.9 Å². The van der Waals surface area contributed by atoms with Crippen molar-refractivity contribution in [1.29, 1.82) is 0 Å². The first-order valence-corrected chi connectivity index (χ1v) is 29.0. The van der Waals surface area contributed by atoms with Crippen molar-refractivity contribution < 1.29 is 96.9 Å². The highest BCUT2D eigenvalue weighted by Gasteiger charge is 2.57. The van der Waals surface area contributed by atoms with Crippen LogP contribution in [0.3, 0.4) is 0 Å². The number of nitrogens with one attached hydrogen (secondary N) is 6. The summed E-state index contributed by atoms with van der Waals surface area (Å²) in [4.78, 5) is 83.2. The van der Waals surface area contributed by atoms with E-state index in [-0.39, 0.29) is 32.5 Å². The van der Waals surface area contributed by atoms with Crippen LogP contribution in [0.1, 0.15) is 151 Å². The standard InChI is InChI=1S/C57H102N8O20/c1-51(2,3)80-45(70)59-27-36(66)43(69)61-35-24-34(63-48(73)83-54(10,11)12)37(38(67)41(35)79-44-39(68)42(57(19,76)29-77-44)64(20)49(74)84-55(13,14)15)40-33(62-47(72)82-53(7,8)9)22-21-32(78-40)26-58-25-31-23-30(60-46(71)81-52(4,5)6)28-65(31)50(75)85-56(16,17)18/h21,30-31,33-42,44,47,58,62,66-68,72,76H,22-29H2,1-20H3,(H,59,70)(H,60,71)(H,61,69)(H,63,73)/t30-,31-,33+,34-,35+,36-,37+,38-,39+,40?,41-,42+,44+,47?,57-/m0/s1. The molecule has 0 radical (unpaired) electrons. The quantitative estimate of drug-likeness (QED) is 0.0736. The Balaban J connectivity index is 1.81. The number of hydrogen-bond acceptors (Lipinski definition) is 22. The second-order valence-corrected chi connectivity index (χ2v) is 28.6. The highest BCUT2D eigenvalue weighted by atomic mass is 16.7. The molecule has 3 heterocycles. The molecule has 1 aliphatic carbocycles. The van der Waals surface area contributed by atoms with Gasteiger partial charge in [0.15, 0.2) is 6.29 Å². The first-order valence-electron chi connectivity index (χ1n) is 29.0. The van der Waals surface area contributed by atoms with E-state index in [1.807, 2.05) is 0 Å². The van der Waals surface area contributed by atoms with Crippen LogP contribution in [0.4, 0.5) is 24.0 Å². The van der Waals surface area contributed by atoms with E-state index in [0.717, 1.165) is 4.90 Å². The van der Waals surface area contributed by atoms with Gasteiger partial charge in [-0.3, -0.25) is 10.1 Å². The average Bonchev–Trinajstić information content (AvgIpc) is 1.70. The molecule has 3 fully saturated rings. The molecule has 0 aromatic rings. The SMILES string of the molecule is CN(C(=O)OC(C)(C)C)[C@@H]1[C@@H](O)[C@@H](O[C@@H]2[C@@H](O)[C@H](C3OC(CNC[C@@H]4C[C@H](NC(=O)OC(C)(C)C)CN4C(=O)OC(C)(C)C)=CC[C@H]3NC(O)OC(C)(C)C)[C@@H](NC(=O)OC(C)(C)C)C[C@H]2NC(=O)[C@@H](O)CNC(=O)OC(C)(C)C)OC[C@]1(C)O. The van der Waals surface area contributed by atoms with Gasteiger partial charge in [-0.2, -0.15) is 0 Å². The summed E-state index contributed by atoms with van der Waals surface area (Å²) in [6.07, 6.45) is -14.1. The van der Waals surface area contributed by atoms with Crippen LogP contribution >= 0.6 is 0 Å². The van der Waals surface area contributed by atoms with Crippen LogP contribution in [0.25, 0.3) is 0 Å². The van der Waals surface area contributed by atoms with Crippen molar-refractivity contribution in [1.82, 2.24) is 41.7 Å². The van der Waals surface area contributed by atoms with Crippen LogP contribution in [0.5, 0.6) is 0 Å². The number of nitrogens with zero attached hydrogens (tertiary/aromatic N) is 2. The molecule has 0 bridgehead atoms. The number of hydrogen-bond donors (Lipinski definition) is 11. The van der Waals surface area contributed by atoms with Crippen LogP contribution in [0, 0.1) is 5.92 Å². The maximum atomic E-state index is 14.1. The fourth-order valence-electron chi connectivity index (χ4n) is 10.3. The summed E-state index contributed by atoms with van der Waals surface area (Å²) >= 11 is 0. The Morgan fingerprint density at radius 3 is 1.82 bits per heavy atom. The fraction of sp³-hybridized carbons (Fsp3) is 0.860. The van der Waals surface area contributed by atoms with E-state index in [1.54, 1.807) is 131 Å². The van der Waals surface area contributed by atoms with Crippen LogP contribution in [0.2, 0.25) is 0 Å². The smallest absolute Gasteiger partial charge is 0.410 e. The molecular weight excluding hydrogens is 1120 g/mol. The van der Waals surface area contributed by atoms with Gasteiger partial charge < -0.3 is 105 Å². The molecular formula is C57H102N8O20. The topological polar surface area (TPSA) is 365 Å². The van der Waals surface area contributed by atoms with E-state index in [4.69, 9.17) is 42.6 Å². The Kier molecular flexibility index (Phi) is 24.2. The van der Waals surface area contributed by atoms with E-state index in [9.17, 15) is 54.3 Å². The number of aliphatic hydroxyl groups excluding tert-OH is 4. The lowest BCUT2D eigenvalue weighted by molar-refractivity contribution is -0.306. The second-order valence-electron chi connectivity index (χ2n) is 28.6. The molecule has 3 aliphatic heterocycles. The third-order valence-electron chi connectivity index (χ3n) is 13.4. The molecule has 0 aromatic carbocycles. The summed E-state index contributed by atoms with van der Waals surface area (Å²) in [7, 11) is 1.31. The Hall–Kier alpha value is -5.04. The summed E-state index contributed by atoms with van der Waals surface area (Å²) < 4.78 is 53.1. The number of carbonyl (C=O) groups is 6. The molecule has 28 nitrogen and oxygen atoms in total. The highest BCUT2D eigenvalue weighted by Crippen LogP contribution is 2.39. The third-order valence-corrected chi connectivity index (χ3v) is 13.4. The maximum Gasteiger partial charge on any atom is 0.410 e. The molecule has 4 aliphatic rings. The largest absolute Gasteiger partial charge is 0.492 e. The summed E-state index contributed by atoms with van der Waals surface area (Å²) in [5.74, 6) is -2.06. The van der Waals surface area contributed by atoms with Crippen molar-refractivity contribution in [2.75, 3.05) is 39.8 Å².